The number of thiophene rings is 1. The van der Waals surface area contributed by atoms with Gasteiger partial charge >= 0.3 is 6.03 Å². The molecule has 0 fully saturated rings. The van der Waals surface area contributed by atoms with Gasteiger partial charge < -0.3 is 15.5 Å². The fourth-order valence-electron chi connectivity index (χ4n) is 1.62. The lowest BCUT2D eigenvalue weighted by molar-refractivity contribution is -0.130. The van der Waals surface area contributed by atoms with Crippen LogP contribution in [0.2, 0.25) is 0 Å². The van der Waals surface area contributed by atoms with Crippen LogP contribution in [0.3, 0.4) is 0 Å². The standard InChI is InChI=1S/C13H21N3O2S/c1-9(11-5-6-19-8-11)7-14-13(18)15-10(2)12(17)16(3)4/h5-6,8-10H,7H2,1-4H3,(H2,14,15,18)/t9?,10-/m0/s1. The molecule has 0 saturated carbocycles. The van der Waals surface area contributed by atoms with Gasteiger partial charge in [0.05, 0.1) is 0 Å². The van der Waals surface area contributed by atoms with Gasteiger partial charge in [0, 0.05) is 20.6 Å². The van der Waals surface area contributed by atoms with Crippen molar-refractivity contribution >= 4 is 23.3 Å². The van der Waals surface area contributed by atoms with E-state index in [9.17, 15) is 9.59 Å². The van der Waals surface area contributed by atoms with E-state index in [1.54, 1.807) is 32.4 Å². The lowest BCUT2D eigenvalue weighted by Crippen LogP contribution is -2.48. The Labute approximate surface area is 118 Å². The second-order valence-corrected chi connectivity index (χ2v) is 5.55. The molecule has 0 bridgehead atoms. The first-order valence-electron chi connectivity index (χ1n) is 6.19. The number of carbonyl (C=O) groups is 2. The monoisotopic (exact) mass is 283 g/mol. The molecular weight excluding hydrogens is 262 g/mol. The minimum absolute atomic E-state index is 0.124. The first kappa shape index (κ1) is 15.5. The van der Waals surface area contributed by atoms with Crippen molar-refractivity contribution in [2.45, 2.75) is 25.8 Å². The zero-order chi connectivity index (χ0) is 14.4. The van der Waals surface area contributed by atoms with E-state index in [-0.39, 0.29) is 17.9 Å². The Morgan fingerprint density at radius 3 is 2.58 bits per heavy atom. The molecule has 0 aliphatic carbocycles. The minimum Gasteiger partial charge on any atom is -0.347 e. The highest BCUT2D eigenvalue weighted by atomic mass is 32.1. The quantitative estimate of drug-likeness (QED) is 0.863. The molecule has 3 amide bonds. The molecular formula is C13H21N3O2S. The second kappa shape index (κ2) is 7.13. The highest BCUT2D eigenvalue weighted by Gasteiger charge is 2.17. The largest absolute Gasteiger partial charge is 0.347 e. The van der Waals surface area contributed by atoms with Crippen LogP contribution in [0.1, 0.15) is 25.3 Å². The molecule has 19 heavy (non-hydrogen) atoms. The number of rotatable bonds is 5. The Balaban J connectivity index is 2.34. The molecule has 0 radical (unpaired) electrons. The first-order chi connectivity index (χ1) is 8.91. The summed E-state index contributed by atoms with van der Waals surface area (Å²) in [5, 5.41) is 9.49. The molecule has 1 rings (SSSR count). The Hall–Kier alpha value is -1.56. The van der Waals surface area contributed by atoms with E-state index in [2.05, 4.69) is 22.9 Å². The van der Waals surface area contributed by atoms with Crippen molar-refractivity contribution in [3.8, 4) is 0 Å². The van der Waals surface area contributed by atoms with Gasteiger partial charge in [0.15, 0.2) is 0 Å². The van der Waals surface area contributed by atoms with Crippen LogP contribution in [-0.2, 0) is 4.79 Å². The molecule has 106 valence electrons. The molecule has 1 unspecified atom stereocenters. The van der Waals surface area contributed by atoms with E-state index in [1.165, 1.54) is 10.5 Å². The van der Waals surface area contributed by atoms with E-state index < -0.39 is 6.04 Å². The Morgan fingerprint density at radius 1 is 1.37 bits per heavy atom. The number of nitrogens with zero attached hydrogens (tertiary/aromatic N) is 1. The molecule has 1 heterocycles. The van der Waals surface area contributed by atoms with Crippen molar-refractivity contribution in [2.24, 2.45) is 0 Å². The normalized spacial score (nSPS) is 13.5. The number of carbonyl (C=O) groups excluding carboxylic acids is 2. The van der Waals surface area contributed by atoms with Crippen LogP contribution in [-0.4, -0.2) is 43.5 Å². The number of hydrogen-bond acceptors (Lipinski definition) is 3. The molecule has 0 spiro atoms. The molecule has 5 nitrogen and oxygen atoms in total. The Kier molecular flexibility index (Phi) is 5.82. The lowest BCUT2D eigenvalue weighted by Gasteiger charge is -2.19. The maximum absolute atomic E-state index is 11.7. The van der Waals surface area contributed by atoms with E-state index >= 15 is 0 Å². The summed E-state index contributed by atoms with van der Waals surface area (Å²) in [6.45, 7) is 4.27. The predicted octanol–water partition coefficient (Wildman–Crippen LogP) is 1.63. The van der Waals surface area contributed by atoms with Crippen molar-refractivity contribution in [3.63, 3.8) is 0 Å². The van der Waals surface area contributed by atoms with Crippen molar-refractivity contribution in [2.75, 3.05) is 20.6 Å². The van der Waals surface area contributed by atoms with Gasteiger partial charge in [-0.1, -0.05) is 6.92 Å². The highest BCUT2D eigenvalue weighted by Crippen LogP contribution is 2.16. The summed E-state index contributed by atoms with van der Waals surface area (Å²) >= 11 is 1.64. The molecule has 1 aromatic heterocycles. The zero-order valence-electron chi connectivity index (χ0n) is 11.8. The van der Waals surface area contributed by atoms with Crippen molar-refractivity contribution < 1.29 is 9.59 Å². The van der Waals surface area contributed by atoms with Gasteiger partial charge in [-0.25, -0.2) is 4.79 Å². The Morgan fingerprint density at radius 2 is 2.05 bits per heavy atom. The highest BCUT2D eigenvalue weighted by molar-refractivity contribution is 7.07. The fourth-order valence-corrected chi connectivity index (χ4v) is 2.40. The lowest BCUT2D eigenvalue weighted by atomic mass is 10.1. The van der Waals surface area contributed by atoms with Gasteiger partial charge in [-0.05, 0) is 35.2 Å². The van der Waals surface area contributed by atoms with E-state index in [1.807, 2.05) is 11.4 Å². The minimum atomic E-state index is -0.522. The summed E-state index contributed by atoms with van der Waals surface area (Å²) < 4.78 is 0. The Bertz CT molecular complexity index is 418. The number of nitrogens with one attached hydrogen (secondary N) is 2. The van der Waals surface area contributed by atoms with E-state index in [0.717, 1.165) is 0 Å². The number of amides is 3. The third kappa shape index (κ3) is 4.90. The van der Waals surface area contributed by atoms with Crippen LogP contribution in [0.4, 0.5) is 4.79 Å². The number of urea groups is 1. The van der Waals surface area contributed by atoms with Crippen LogP contribution >= 0.6 is 11.3 Å². The molecule has 2 atom stereocenters. The summed E-state index contributed by atoms with van der Waals surface area (Å²) in [5.74, 6) is 0.137. The van der Waals surface area contributed by atoms with Gasteiger partial charge in [0.2, 0.25) is 5.91 Å². The maximum atomic E-state index is 11.7. The summed E-state index contributed by atoms with van der Waals surface area (Å²) in [6, 6.07) is 1.21. The van der Waals surface area contributed by atoms with Crippen LogP contribution in [0.5, 0.6) is 0 Å². The van der Waals surface area contributed by atoms with Gasteiger partial charge in [0.25, 0.3) is 0 Å². The molecule has 1 aromatic rings. The van der Waals surface area contributed by atoms with Crippen molar-refractivity contribution in [1.82, 2.24) is 15.5 Å². The van der Waals surface area contributed by atoms with Crippen LogP contribution in [0.15, 0.2) is 16.8 Å². The predicted molar refractivity (Wildman–Crippen MR) is 77.4 cm³/mol. The van der Waals surface area contributed by atoms with Crippen LogP contribution < -0.4 is 10.6 Å². The van der Waals surface area contributed by atoms with Gasteiger partial charge in [0.1, 0.15) is 6.04 Å². The summed E-state index contributed by atoms with van der Waals surface area (Å²) in [7, 11) is 3.33. The molecule has 6 heteroatoms. The molecule has 0 aliphatic rings. The number of hydrogen-bond donors (Lipinski definition) is 2. The van der Waals surface area contributed by atoms with Crippen LogP contribution in [0.25, 0.3) is 0 Å². The van der Waals surface area contributed by atoms with Crippen LogP contribution in [0, 0.1) is 0 Å². The molecule has 0 saturated heterocycles. The first-order valence-corrected chi connectivity index (χ1v) is 7.13. The van der Waals surface area contributed by atoms with Gasteiger partial charge in [-0.15, -0.1) is 0 Å². The van der Waals surface area contributed by atoms with Crippen molar-refractivity contribution in [1.29, 1.82) is 0 Å². The number of likely N-dealkylation sites (N-methyl/N-ethyl adjacent to an activating group) is 1. The third-order valence-electron chi connectivity index (χ3n) is 2.84. The zero-order valence-corrected chi connectivity index (χ0v) is 12.6. The summed E-state index contributed by atoms with van der Waals surface area (Å²) in [6.07, 6.45) is 0. The second-order valence-electron chi connectivity index (χ2n) is 4.77. The molecule has 0 aliphatic heterocycles. The van der Waals surface area contributed by atoms with E-state index in [4.69, 9.17) is 0 Å². The summed E-state index contributed by atoms with van der Waals surface area (Å²) in [4.78, 5) is 24.7. The SMILES string of the molecule is CC(CNC(=O)N[C@@H](C)C(=O)N(C)C)c1ccsc1. The fraction of sp³-hybridized carbons (Fsp3) is 0.538. The third-order valence-corrected chi connectivity index (χ3v) is 3.54. The van der Waals surface area contributed by atoms with Gasteiger partial charge in [-0.3, -0.25) is 4.79 Å². The van der Waals surface area contributed by atoms with Crippen molar-refractivity contribution in [3.05, 3.63) is 22.4 Å². The molecule has 2 N–H and O–H groups in total. The average Bonchev–Trinajstić information content (AvgIpc) is 2.88. The average molecular weight is 283 g/mol. The molecule has 0 aromatic carbocycles. The van der Waals surface area contributed by atoms with E-state index in [0.29, 0.717) is 6.54 Å². The topological polar surface area (TPSA) is 61.4 Å². The summed E-state index contributed by atoms with van der Waals surface area (Å²) in [5.41, 5.74) is 1.21. The maximum Gasteiger partial charge on any atom is 0.315 e. The van der Waals surface area contributed by atoms with Gasteiger partial charge in [-0.2, -0.15) is 11.3 Å². The smallest absolute Gasteiger partial charge is 0.315 e.